The number of carbonyl (C=O) groups excluding carboxylic acids is 1. The predicted octanol–water partition coefficient (Wildman–Crippen LogP) is 4.85. The maximum Gasteiger partial charge on any atom is 0.339 e. The number of allylic oxidation sites excluding steroid dienone is 1. The number of rotatable bonds is 8. The van der Waals surface area contributed by atoms with Crippen LogP contribution in [0, 0.1) is 5.92 Å². The van der Waals surface area contributed by atoms with E-state index in [-0.39, 0.29) is 28.1 Å². The minimum atomic E-state index is -3.99. The van der Waals surface area contributed by atoms with Crippen molar-refractivity contribution in [2.75, 3.05) is 7.11 Å². The average molecular weight is 453 g/mol. The smallest absolute Gasteiger partial charge is 0.339 e. The highest BCUT2D eigenvalue weighted by atomic mass is 79.9. The topological polar surface area (TPSA) is 69.7 Å². The second-order valence-corrected chi connectivity index (χ2v) is 8.76. The number of benzene rings is 2. The Hall–Kier alpha value is -2.12. The monoisotopic (exact) mass is 452 g/mol. The second-order valence-electron chi connectivity index (χ2n) is 6.30. The van der Waals surface area contributed by atoms with E-state index >= 15 is 0 Å². The van der Waals surface area contributed by atoms with Crippen molar-refractivity contribution in [1.29, 1.82) is 0 Å². The van der Waals surface area contributed by atoms with E-state index in [0.717, 1.165) is 4.47 Å². The van der Waals surface area contributed by atoms with Crippen molar-refractivity contribution in [1.82, 2.24) is 0 Å². The van der Waals surface area contributed by atoms with Gasteiger partial charge in [0.15, 0.2) is 17.3 Å². The molecular weight excluding hydrogens is 432 g/mol. The normalized spacial score (nSPS) is 11.7. The summed E-state index contributed by atoms with van der Waals surface area (Å²) in [7, 11) is -2.57. The summed E-state index contributed by atoms with van der Waals surface area (Å²) in [6, 6.07) is 10.9. The van der Waals surface area contributed by atoms with Gasteiger partial charge in [-0.25, -0.2) is 0 Å². The minimum absolute atomic E-state index is 0.0297. The zero-order valence-corrected chi connectivity index (χ0v) is 17.7. The number of ketones is 1. The first-order chi connectivity index (χ1) is 12.7. The molecule has 0 aliphatic heterocycles. The molecule has 0 aliphatic carbocycles. The van der Waals surface area contributed by atoms with E-state index in [4.69, 9.17) is 8.92 Å². The second kappa shape index (κ2) is 9.19. The third-order valence-corrected chi connectivity index (χ3v) is 5.34. The number of halogens is 1. The van der Waals surface area contributed by atoms with Gasteiger partial charge in [-0.3, -0.25) is 4.79 Å². The molecule has 27 heavy (non-hydrogen) atoms. The van der Waals surface area contributed by atoms with Gasteiger partial charge in [0.05, 0.1) is 7.11 Å². The van der Waals surface area contributed by atoms with Crippen LogP contribution in [0.15, 0.2) is 57.9 Å². The largest absolute Gasteiger partial charge is 0.493 e. The maximum atomic E-state index is 12.4. The molecule has 2 aromatic rings. The highest BCUT2D eigenvalue weighted by Gasteiger charge is 2.19. The van der Waals surface area contributed by atoms with Gasteiger partial charge in [-0.1, -0.05) is 41.9 Å². The van der Waals surface area contributed by atoms with E-state index in [1.54, 1.807) is 30.3 Å². The first-order valence-corrected chi connectivity index (χ1v) is 10.5. The molecule has 144 valence electrons. The lowest BCUT2D eigenvalue weighted by atomic mass is 10.1. The Balaban J connectivity index is 2.22. The molecule has 0 aliphatic rings. The fourth-order valence-electron chi connectivity index (χ4n) is 2.28. The number of hydrogen-bond donors (Lipinski definition) is 0. The summed E-state index contributed by atoms with van der Waals surface area (Å²) in [5.74, 6) is 0.651. The first-order valence-electron chi connectivity index (χ1n) is 8.30. The summed E-state index contributed by atoms with van der Waals surface area (Å²) in [4.78, 5) is 11.8. The van der Waals surface area contributed by atoms with Gasteiger partial charge in [-0.2, -0.15) is 8.42 Å². The predicted molar refractivity (Wildman–Crippen MR) is 108 cm³/mol. The van der Waals surface area contributed by atoms with Crippen LogP contribution in [0.5, 0.6) is 11.5 Å². The van der Waals surface area contributed by atoms with Gasteiger partial charge in [0.1, 0.15) is 4.90 Å². The van der Waals surface area contributed by atoms with Crippen molar-refractivity contribution in [2.45, 2.75) is 25.2 Å². The van der Waals surface area contributed by atoms with E-state index in [1.807, 2.05) is 13.8 Å². The SMILES string of the molecule is COc1cc(/C=C/C(=O)CC(C)C)ccc1OS(=O)(=O)c1ccc(Br)cc1. The minimum Gasteiger partial charge on any atom is -0.493 e. The summed E-state index contributed by atoms with van der Waals surface area (Å²) < 4.78 is 36.1. The average Bonchev–Trinajstić information content (AvgIpc) is 2.60. The molecule has 0 saturated carbocycles. The zero-order valence-electron chi connectivity index (χ0n) is 15.3. The molecule has 0 heterocycles. The Kier molecular flexibility index (Phi) is 7.21. The highest BCUT2D eigenvalue weighted by Crippen LogP contribution is 2.31. The molecule has 0 unspecified atom stereocenters. The van der Waals surface area contributed by atoms with Crippen LogP contribution in [0.3, 0.4) is 0 Å². The quantitative estimate of drug-likeness (QED) is 0.422. The van der Waals surface area contributed by atoms with Crippen molar-refractivity contribution >= 4 is 37.9 Å². The van der Waals surface area contributed by atoms with Crippen molar-refractivity contribution in [3.63, 3.8) is 0 Å². The van der Waals surface area contributed by atoms with Gasteiger partial charge in [-0.05, 0) is 54.0 Å². The molecule has 0 atom stereocenters. The molecule has 2 rings (SSSR count). The molecule has 0 aromatic heterocycles. The Labute approximate surface area is 168 Å². The van der Waals surface area contributed by atoms with E-state index < -0.39 is 10.1 Å². The molecule has 7 heteroatoms. The molecule has 5 nitrogen and oxygen atoms in total. The van der Waals surface area contributed by atoms with Gasteiger partial charge in [-0.15, -0.1) is 0 Å². The molecule has 0 N–H and O–H groups in total. The van der Waals surface area contributed by atoms with Crippen molar-refractivity contribution in [3.8, 4) is 11.5 Å². The Morgan fingerprint density at radius 3 is 2.37 bits per heavy atom. The highest BCUT2D eigenvalue weighted by molar-refractivity contribution is 9.10. The standard InChI is InChI=1S/C20H21BrO5S/c1-14(2)12-17(22)8-4-15-5-11-19(20(13-15)25-3)26-27(23,24)18-9-6-16(21)7-10-18/h4-11,13-14H,12H2,1-3H3/b8-4+. The Bertz CT molecular complexity index is 931. The maximum absolute atomic E-state index is 12.4. The number of hydrogen-bond acceptors (Lipinski definition) is 5. The summed E-state index contributed by atoms with van der Waals surface area (Å²) in [6.45, 7) is 3.96. The summed E-state index contributed by atoms with van der Waals surface area (Å²) in [6.07, 6.45) is 3.65. The van der Waals surface area contributed by atoms with Gasteiger partial charge < -0.3 is 8.92 Å². The lowest BCUT2D eigenvalue weighted by Gasteiger charge is -2.11. The molecule has 0 bridgehead atoms. The molecule has 0 amide bonds. The number of ether oxygens (including phenoxy) is 1. The van der Waals surface area contributed by atoms with Gasteiger partial charge in [0, 0.05) is 10.9 Å². The zero-order chi connectivity index (χ0) is 20.0. The van der Waals surface area contributed by atoms with Crippen LogP contribution in [0.4, 0.5) is 0 Å². The van der Waals surface area contributed by atoms with Crippen molar-refractivity contribution in [3.05, 3.63) is 58.6 Å². The van der Waals surface area contributed by atoms with E-state index in [2.05, 4.69) is 15.9 Å². The lowest BCUT2D eigenvalue weighted by molar-refractivity contribution is -0.115. The summed E-state index contributed by atoms with van der Waals surface area (Å²) in [5, 5.41) is 0. The van der Waals surface area contributed by atoms with Crippen LogP contribution < -0.4 is 8.92 Å². The molecule has 0 radical (unpaired) electrons. The third-order valence-electron chi connectivity index (χ3n) is 3.56. The van der Waals surface area contributed by atoms with Gasteiger partial charge in [0.2, 0.25) is 0 Å². The van der Waals surface area contributed by atoms with Crippen molar-refractivity contribution in [2.24, 2.45) is 5.92 Å². The van der Waals surface area contributed by atoms with Crippen LogP contribution in [-0.2, 0) is 14.9 Å². The molecule has 0 fully saturated rings. The van der Waals surface area contributed by atoms with Crippen LogP contribution in [0.1, 0.15) is 25.8 Å². The third kappa shape index (κ3) is 6.22. The molecule has 0 saturated heterocycles. The number of carbonyl (C=O) groups is 1. The van der Waals surface area contributed by atoms with Crippen LogP contribution in [0.2, 0.25) is 0 Å². The molecule has 0 spiro atoms. The van der Waals surface area contributed by atoms with Crippen molar-refractivity contribution < 1.29 is 22.1 Å². The molecular formula is C20H21BrO5S. The summed E-state index contributed by atoms with van der Waals surface area (Å²) >= 11 is 3.26. The van der Waals surface area contributed by atoms with Crippen LogP contribution in [0.25, 0.3) is 6.08 Å². The summed E-state index contributed by atoms with van der Waals surface area (Å²) in [5.41, 5.74) is 0.706. The van der Waals surface area contributed by atoms with Gasteiger partial charge in [0.25, 0.3) is 0 Å². The fourth-order valence-corrected chi connectivity index (χ4v) is 3.49. The van der Waals surface area contributed by atoms with E-state index in [1.165, 1.54) is 31.4 Å². The van der Waals surface area contributed by atoms with Crippen LogP contribution in [-0.4, -0.2) is 21.3 Å². The first kappa shape index (κ1) is 21.2. The fraction of sp³-hybridized carbons (Fsp3) is 0.250. The Morgan fingerprint density at radius 2 is 1.78 bits per heavy atom. The number of methoxy groups -OCH3 is 1. The van der Waals surface area contributed by atoms with Gasteiger partial charge >= 0.3 is 10.1 Å². The van der Waals surface area contributed by atoms with Crippen LogP contribution >= 0.6 is 15.9 Å². The lowest BCUT2D eigenvalue weighted by Crippen LogP contribution is -2.10. The Morgan fingerprint density at radius 1 is 1.11 bits per heavy atom. The van der Waals surface area contributed by atoms with E-state index in [9.17, 15) is 13.2 Å². The van der Waals surface area contributed by atoms with E-state index in [0.29, 0.717) is 12.0 Å². The molecule has 2 aromatic carbocycles.